The van der Waals surface area contributed by atoms with Crippen molar-refractivity contribution in [2.45, 2.75) is 44.8 Å². The molecule has 0 bridgehead atoms. The standard InChI is InChI=1S/C25H29F4N5O2S/c1-13-32-19-18(21(36-3)23(28)29)17(12-31-24(19)37-13)33-16-6-4-14(5-7-16)20(22(26)27)34(2)25(35)15-8-10-30-11-9-15/h4-7,12,15,20-23,30,33H,8-11H2,1-3H3/t20-,21+/m0/s1. The number of nitrogens with zero attached hydrogens (tertiary/aromatic N) is 3. The number of ether oxygens (including phenoxy) is 1. The molecule has 1 saturated heterocycles. The molecule has 1 fully saturated rings. The smallest absolute Gasteiger partial charge is 0.268 e. The maximum absolute atomic E-state index is 14.1. The summed E-state index contributed by atoms with van der Waals surface area (Å²) in [5.74, 6) is -0.582. The molecular formula is C25H29F4N5O2S. The number of benzene rings is 1. The van der Waals surface area contributed by atoms with Gasteiger partial charge in [-0.15, -0.1) is 0 Å². The van der Waals surface area contributed by atoms with Gasteiger partial charge in [-0.05, 0) is 50.6 Å². The molecule has 2 atom stereocenters. The molecule has 2 N–H and O–H groups in total. The Labute approximate surface area is 216 Å². The first-order valence-electron chi connectivity index (χ1n) is 11.9. The predicted octanol–water partition coefficient (Wildman–Crippen LogP) is 5.46. The van der Waals surface area contributed by atoms with Crippen molar-refractivity contribution >= 4 is 39.0 Å². The summed E-state index contributed by atoms with van der Waals surface area (Å²) in [5, 5.41) is 6.90. The minimum Gasteiger partial charge on any atom is -0.371 e. The molecule has 0 unspecified atom stereocenters. The summed E-state index contributed by atoms with van der Waals surface area (Å²) in [4.78, 5) is 23.2. The molecule has 1 aliphatic rings. The minimum atomic E-state index is -2.81. The van der Waals surface area contributed by atoms with E-state index in [4.69, 9.17) is 4.74 Å². The Morgan fingerprint density at radius 2 is 1.84 bits per heavy atom. The van der Waals surface area contributed by atoms with E-state index in [2.05, 4.69) is 20.6 Å². The summed E-state index contributed by atoms with van der Waals surface area (Å²) < 4.78 is 60.9. The number of nitrogens with one attached hydrogen (secondary N) is 2. The second-order valence-corrected chi connectivity index (χ2v) is 10.1. The number of halogens is 4. The number of carbonyl (C=O) groups is 1. The van der Waals surface area contributed by atoms with Crippen LogP contribution in [0.2, 0.25) is 0 Å². The van der Waals surface area contributed by atoms with Crippen LogP contribution in [0.5, 0.6) is 0 Å². The van der Waals surface area contributed by atoms with Crippen molar-refractivity contribution in [3.63, 3.8) is 0 Å². The van der Waals surface area contributed by atoms with Crippen molar-refractivity contribution in [3.8, 4) is 0 Å². The lowest BCUT2D eigenvalue weighted by Crippen LogP contribution is -2.42. The van der Waals surface area contributed by atoms with E-state index in [0.717, 1.165) is 4.90 Å². The van der Waals surface area contributed by atoms with Crippen LogP contribution in [0.15, 0.2) is 30.5 Å². The molecule has 3 heterocycles. The number of anilines is 2. The molecule has 0 spiro atoms. The minimum absolute atomic E-state index is 0.175. The van der Waals surface area contributed by atoms with Crippen LogP contribution in [0.4, 0.5) is 28.9 Å². The molecule has 1 aliphatic heterocycles. The number of alkyl halides is 4. The molecule has 0 saturated carbocycles. The zero-order chi connectivity index (χ0) is 26.7. The van der Waals surface area contributed by atoms with E-state index in [1.54, 1.807) is 19.1 Å². The summed E-state index contributed by atoms with van der Waals surface area (Å²) in [6, 6.07) is 4.74. The molecular weight excluding hydrogens is 510 g/mol. The molecule has 0 radical (unpaired) electrons. The van der Waals surface area contributed by atoms with Gasteiger partial charge in [0.25, 0.3) is 12.9 Å². The fourth-order valence-corrected chi connectivity index (χ4v) is 5.46. The number of carbonyl (C=O) groups excluding carboxylic acids is 1. The normalized spacial score (nSPS) is 16.4. The average Bonchev–Trinajstić information content (AvgIpc) is 3.26. The highest BCUT2D eigenvalue weighted by molar-refractivity contribution is 7.18. The molecule has 0 aliphatic carbocycles. The van der Waals surface area contributed by atoms with Crippen LogP contribution in [0.1, 0.15) is 41.1 Å². The van der Waals surface area contributed by atoms with Crippen LogP contribution in [-0.4, -0.2) is 60.9 Å². The fourth-order valence-electron chi connectivity index (χ4n) is 4.69. The van der Waals surface area contributed by atoms with Crippen molar-refractivity contribution in [2.75, 3.05) is 32.6 Å². The van der Waals surface area contributed by atoms with Crippen LogP contribution >= 0.6 is 11.3 Å². The predicted molar refractivity (Wildman–Crippen MR) is 135 cm³/mol. The Kier molecular flexibility index (Phi) is 8.60. The first-order valence-corrected chi connectivity index (χ1v) is 12.7. The van der Waals surface area contributed by atoms with Gasteiger partial charge in [-0.25, -0.2) is 27.5 Å². The molecule has 12 heteroatoms. The maximum atomic E-state index is 14.1. The van der Waals surface area contributed by atoms with Gasteiger partial charge in [0.15, 0.2) is 0 Å². The molecule has 2 aromatic heterocycles. The Morgan fingerprint density at radius 3 is 2.43 bits per heavy atom. The van der Waals surface area contributed by atoms with E-state index in [1.165, 1.54) is 43.8 Å². The number of rotatable bonds is 9. The van der Waals surface area contributed by atoms with Crippen molar-refractivity contribution in [1.29, 1.82) is 0 Å². The van der Waals surface area contributed by atoms with Crippen molar-refractivity contribution < 1.29 is 27.1 Å². The Bertz CT molecular complexity index is 1220. The summed E-state index contributed by atoms with van der Waals surface area (Å²) in [6.07, 6.45) is -4.46. The number of thiazole rings is 1. The van der Waals surface area contributed by atoms with E-state index in [-0.39, 0.29) is 28.6 Å². The molecule has 200 valence electrons. The Balaban J connectivity index is 1.60. The summed E-state index contributed by atoms with van der Waals surface area (Å²) >= 11 is 1.29. The molecule has 1 amide bonds. The highest BCUT2D eigenvalue weighted by Gasteiger charge is 2.34. The average molecular weight is 540 g/mol. The van der Waals surface area contributed by atoms with Gasteiger partial charge in [-0.2, -0.15) is 0 Å². The number of amides is 1. The monoisotopic (exact) mass is 539 g/mol. The highest BCUT2D eigenvalue weighted by atomic mass is 32.1. The number of aryl methyl sites for hydroxylation is 1. The van der Waals surface area contributed by atoms with Crippen molar-refractivity contribution in [2.24, 2.45) is 5.92 Å². The van der Waals surface area contributed by atoms with E-state index in [1.807, 2.05) is 0 Å². The lowest BCUT2D eigenvalue weighted by atomic mass is 9.95. The third kappa shape index (κ3) is 5.86. The third-order valence-corrected chi connectivity index (χ3v) is 7.44. The van der Waals surface area contributed by atoms with Crippen LogP contribution in [0.3, 0.4) is 0 Å². The van der Waals surface area contributed by atoms with Gasteiger partial charge >= 0.3 is 0 Å². The number of aromatic nitrogens is 2. The SMILES string of the molecule is CO[C@H](c1c(Nc2ccc([C@@H](C(F)F)N(C)C(=O)C3CCNCC3)cc2)cnc2sc(C)nc12)C(F)F. The van der Waals surface area contributed by atoms with Gasteiger partial charge in [0.2, 0.25) is 5.91 Å². The van der Waals surface area contributed by atoms with Crippen molar-refractivity contribution in [1.82, 2.24) is 20.2 Å². The molecule has 37 heavy (non-hydrogen) atoms. The van der Waals surface area contributed by atoms with E-state index in [0.29, 0.717) is 47.0 Å². The van der Waals surface area contributed by atoms with Crippen LogP contribution < -0.4 is 10.6 Å². The molecule has 3 aromatic rings. The fraction of sp³-hybridized carbons (Fsp3) is 0.480. The van der Waals surface area contributed by atoms with E-state index < -0.39 is 25.0 Å². The quantitative estimate of drug-likeness (QED) is 0.352. The lowest BCUT2D eigenvalue weighted by molar-refractivity contribution is -0.140. The maximum Gasteiger partial charge on any atom is 0.268 e. The summed E-state index contributed by atoms with van der Waals surface area (Å²) in [7, 11) is 2.61. The van der Waals surface area contributed by atoms with Gasteiger partial charge in [0, 0.05) is 31.3 Å². The summed E-state index contributed by atoms with van der Waals surface area (Å²) in [5.41, 5.74) is 1.53. The largest absolute Gasteiger partial charge is 0.371 e. The second kappa shape index (κ2) is 11.7. The molecule has 7 nitrogen and oxygen atoms in total. The molecule has 1 aromatic carbocycles. The number of fused-ring (bicyclic) bond motifs is 1. The first kappa shape index (κ1) is 27.2. The number of piperidine rings is 1. The number of methoxy groups -OCH3 is 1. The molecule has 4 rings (SSSR count). The van der Waals surface area contributed by atoms with E-state index >= 15 is 0 Å². The van der Waals surface area contributed by atoms with Gasteiger partial charge in [0.05, 0.1) is 16.9 Å². The Hall–Kier alpha value is -2.83. The topological polar surface area (TPSA) is 79.4 Å². The van der Waals surface area contributed by atoms with Crippen LogP contribution in [0, 0.1) is 12.8 Å². The van der Waals surface area contributed by atoms with Crippen LogP contribution in [-0.2, 0) is 9.53 Å². The summed E-state index contributed by atoms with van der Waals surface area (Å²) in [6.45, 7) is 3.13. The zero-order valence-electron chi connectivity index (χ0n) is 20.7. The van der Waals surface area contributed by atoms with E-state index in [9.17, 15) is 22.4 Å². The zero-order valence-corrected chi connectivity index (χ0v) is 21.5. The van der Waals surface area contributed by atoms with Gasteiger partial charge < -0.3 is 20.3 Å². The number of hydrogen-bond acceptors (Lipinski definition) is 7. The van der Waals surface area contributed by atoms with Gasteiger partial charge in [-0.1, -0.05) is 23.5 Å². The first-order chi connectivity index (χ1) is 17.7. The number of pyridine rings is 1. The third-order valence-electron chi connectivity index (χ3n) is 6.56. The van der Waals surface area contributed by atoms with Gasteiger partial charge in [0.1, 0.15) is 22.5 Å². The van der Waals surface area contributed by atoms with Gasteiger partial charge in [-0.3, -0.25) is 4.79 Å². The Morgan fingerprint density at radius 1 is 1.16 bits per heavy atom. The van der Waals surface area contributed by atoms with Crippen molar-refractivity contribution in [3.05, 3.63) is 46.6 Å². The lowest BCUT2D eigenvalue weighted by Gasteiger charge is -2.32. The van der Waals surface area contributed by atoms with Crippen LogP contribution in [0.25, 0.3) is 10.3 Å². The number of hydrogen-bond donors (Lipinski definition) is 2. The second-order valence-electron chi connectivity index (χ2n) is 8.96. The highest BCUT2D eigenvalue weighted by Crippen LogP contribution is 2.38.